The van der Waals surface area contributed by atoms with Gasteiger partial charge in [-0.25, -0.2) is 0 Å². The molecular weight excluding hydrogens is 342 g/mol. The van der Waals surface area contributed by atoms with Gasteiger partial charge in [-0.05, 0) is 38.6 Å². The first-order chi connectivity index (χ1) is 11.9. The minimum Gasteiger partial charge on any atom is -0.495 e. The first-order valence-electron chi connectivity index (χ1n) is 8.50. The molecule has 25 heavy (non-hydrogen) atoms. The van der Waals surface area contributed by atoms with E-state index in [4.69, 9.17) is 16.3 Å². The van der Waals surface area contributed by atoms with Gasteiger partial charge in [-0.3, -0.25) is 14.5 Å². The Hall–Kier alpha value is -1.79. The van der Waals surface area contributed by atoms with E-state index in [1.165, 1.54) is 7.11 Å². The molecule has 6 nitrogen and oxygen atoms in total. The predicted molar refractivity (Wildman–Crippen MR) is 101 cm³/mol. The fourth-order valence-electron chi connectivity index (χ4n) is 2.41. The van der Waals surface area contributed by atoms with Gasteiger partial charge in [0.1, 0.15) is 5.75 Å². The maximum Gasteiger partial charge on any atom is 0.238 e. The Bertz CT molecular complexity index is 581. The van der Waals surface area contributed by atoms with Crippen molar-refractivity contribution in [3.8, 4) is 5.75 Å². The normalized spacial score (nSPS) is 10.6. The number of anilines is 1. The van der Waals surface area contributed by atoms with Crippen LogP contribution in [0.4, 0.5) is 5.69 Å². The fourth-order valence-corrected chi connectivity index (χ4v) is 2.58. The Morgan fingerprint density at radius 3 is 2.56 bits per heavy atom. The highest BCUT2D eigenvalue weighted by Gasteiger charge is 2.16. The number of halogens is 1. The quantitative estimate of drug-likeness (QED) is 0.688. The van der Waals surface area contributed by atoms with Crippen molar-refractivity contribution < 1.29 is 14.3 Å². The zero-order valence-electron chi connectivity index (χ0n) is 15.5. The van der Waals surface area contributed by atoms with E-state index in [9.17, 15) is 9.59 Å². The number of likely N-dealkylation sites (N-methyl/N-ethyl adjacent to an activating group) is 2. The molecule has 0 radical (unpaired) electrons. The second-order valence-electron chi connectivity index (χ2n) is 5.89. The smallest absolute Gasteiger partial charge is 0.238 e. The van der Waals surface area contributed by atoms with Crippen LogP contribution in [0.1, 0.15) is 26.7 Å². The Morgan fingerprint density at radius 1 is 1.24 bits per heavy atom. The summed E-state index contributed by atoms with van der Waals surface area (Å²) in [5, 5.41) is 3.28. The lowest BCUT2D eigenvalue weighted by atomic mass is 10.3. The number of carbonyl (C=O) groups is 2. The van der Waals surface area contributed by atoms with Crippen molar-refractivity contribution >= 4 is 29.1 Å². The van der Waals surface area contributed by atoms with Crippen molar-refractivity contribution in [3.05, 3.63) is 23.2 Å². The maximum atomic E-state index is 12.3. The number of rotatable bonds is 10. The van der Waals surface area contributed by atoms with Crippen LogP contribution in [-0.2, 0) is 9.59 Å². The van der Waals surface area contributed by atoms with Gasteiger partial charge in [-0.2, -0.15) is 0 Å². The van der Waals surface area contributed by atoms with Crippen molar-refractivity contribution in [1.82, 2.24) is 9.80 Å². The number of benzene rings is 1. The second-order valence-corrected chi connectivity index (χ2v) is 6.33. The molecule has 0 saturated heterocycles. The largest absolute Gasteiger partial charge is 0.495 e. The van der Waals surface area contributed by atoms with Gasteiger partial charge in [0.2, 0.25) is 11.8 Å². The molecule has 0 aliphatic rings. The Balaban J connectivity index is 2.56. The molecule has 0 heterocycles. The summed E-state index contributed by atoms with van der Waals surface area (Å²) in [6, 6.07) is 5.02. The summed E-state index contributed by atoms with van der Waals surface area (Å²) < 4.78 is 5.21. The molecule has 7 heteroatoms. The molecule has 0 fully saturated rings. The van der Waals surface area contributed by atoms with Crippen LogP contribution >= 0.6 is 11.6 Å². The van der Waals surface area contributed by atoms with Gasteiger partial charge in [0, 0.05) is 18.1 Å². The Labute approximate surface area is 155 Å². The lowest BCUT2D eigenvalue weighted by Crippen LogP contribution is -2.41. The monoisotopic (exact) mass is 369 g/mol. The van der Waals surface area contributed by atoms with Crippen molar-refractivity contribution in [3.63, 3.8) is 0 Å². The summed E-state index contributed by atoms with van der Waals surface area (Å²) in [4.78, 5) is 28.0. The zero-order chi connectivity index (χ0) is 18.8. The van der Waals surface area contributed by atoms with Crippen LogP contribution < -0.4 is 10.1 Å². The predicted octanol–water partition coefficient (Wildman–Crippen LogP) is 2.87. The van der Waals surface area contributed by atoms with E-state index in [0.717, 1.165) is 19.4 Å². The number of hydrogen-bond acceptors (Lipinski definition) is 4. The third-order valence-electron chi connectivity index (χ3n) is 3.77. The van der Waals surface area contributed by atoms with Gasteiger partial charge in [-0.15, -0.1) is 0 Å². The van der Waals surface area contributed by atoms with E-state index in [-0.39, 0.29) is 24.9 Å². The third kappa shape index (κ3) is 7.32. The summed E-state index contributed by atoms with van der Waals surface area (Å²) in [6.07, 6.45) is 2.03. The van der Waals surface area contributed by atoms with Gasteiger partial charge >= 0.3 is 0 Å². The molecule has 2 amide bonds. The number of nitrogens with zero attached hydrogens (tertiary/aromatic N) is 2. The molecule has 0 saturated carbocycles. The van der Waals surface area contributed by atoms with Gasteiger partial charge in [-0.1, -0.05) is 24.9 Å². The standard InChI is InChI=1S/C18H28ClN3O3/c1-5-7-10-22(6-2)18(24)13-21(3)12-17(23)20-15-11-14(19)8-9-16(15)25-4/h8-9,11H,5-7,10,12-13H2,1-4H3,(H,20,23). The molecule has 0 aliphatic heterocycles. The number of methoxy groups -OCH3 is 1. The van der Waals surface area contributed by atoms with Crippen molar-refractivity contribution in [2.45, 2.75) is 26.7 Å². The number of unbranched alkanes of at least 4 members (excludes halogenated alkanes) is 1. The second kappa shape index (κ2) is 10.9. The summed E-state index contributed by atoms with van der Waals surface area (Å²) in [6.45, 7) is 5.80. The maximum absolute atomic E-state index is 12.3. The highest BCUT2D eigenvalue weighted by molar-refractivity contribution is 6.31. The third-order valence-corrected chi connectivity index (χ3v) is 4.01. The molecule has 0 aromatic heterocycles. The molecule has 0 aliphatic carbocycles. The van der Waals surface area contributed by atoms with Crippen LogP contribution in [0, 0.1) is 0 Å². The first kappa shape index (κ1) is 21.3. The van der Waals surface area contributed by atoms with Crippen molar-refractivity contribution in [2.24, 2.45) is 0 Å². The summed E-state index contributed by atoms with van der Waals surface area (Å²) >= 11 is 5.96. The van der Waals surface area contributed by atoms with E-state index in [0.29, 0.717) is 23.0 Å². The molecule has 1 N–H and O–H groups in total. The van der Waals surface area contributed by atoms with Gasteiger partial charge in [0.05, 0.1) is 25.9 Å². The number of amides is 2. The molecule has 0 bridgehead atoms. The van der Waals surface area contributed by atoms with Crippen LogP contribution in [0.3, 0.4) is 0 Å². The topological polar surface area (TPSA) is 61.9 Å². The minimum atomic E-state index is -0.229. The van der Waals surface area contributed by atoms with Crippen LogP contribution in [0.15, 0.2) is 18.2 Å². The van der Waals surface area contributed by atoms with Crippen LogP contribution in [-0.4, -0.2) is 62.0 Å². The van der Waals surface area contributed by atoms with Crippen LogP contribution in [0.5, 0.6) is 5.75 Å². The zero-order valence-corrected chi connectivity index (χ0v) is 16.2. The average molecular weight is 370 g/mol. The van der Waals surface area contributed by atoms with Gasteiger partial charge < -0.3 is 15.0 Å². The van der Waals surface area contributed by atoms with E-state index in [1.807, 2.05) is 11.8 Å². The number of ether oxygens (including phenoxy) is 1. The number of hydrogen-bond donors (Lipinski definition) is 1. The van der Waals surface area contributed by atoms with Gasteiger partial charge in [0.25, 0.3) is 0 Å². The molecule has 1 aromatic carbocycles. The molecule has 1 rings (SSSR count). The van der Waals surface area contributed by atoms with Crippen molar-refractivity contribution in [1.29, 1.82) is 0 Å². The molecule has 0 unspecified atom stereocenters. The van der Waals surface area contributed by atoms with Crippen LogP contribution in [0.25, 0.3) is 0 Å². The lowest BCUT2D eigenvalue weighted by Gasteiger charge is -2.24. The first-order valence-corrected chi connectivity index (χ1v) is 8.88. The molecule has 1 aromatic rings. The SMILES string of the molecule is CCCCN(CC)C(=O)CN(C)CC(=O)Nc1cc(Cl)ccc1OC. The Kier molecular flexibility index (Phi) is 9.31. The summed E-state index contributed by atoms with van der Waals surface area (Å²) in [7, 11) is 3.28. The van der Waals surface area contributed by atoms with E-state index in [1.54, 1.807) is 30.1 Å². The van der Waals surface area contributed by atoms with Gasteiger partial charge in [0.15, 0.2) is 0 Å². The summed E-state index contributed by atoms with van der Waals surface area (Å²) in [5.41, 5.74) is 0.512. The molecule has 140 valence electrons. The Morgan fingerprint density at radius 2 is 1.96 bits per heavy atom. The fraction of sp³-hybridized carbons (Fsp3) is 0.556. The van der Waals surface area contributed by atoms with E-state index in [2.05, 4.69) is 12.2 Å². The molecule has 0 spiro atoms. The highest BCUT2D eigenvalue weighted by atomic mass is 35.5. The average Bonchev–Trinajstić information content (AvgIpc) is 2.55. The number of nitrogens with one attached hydrogen (secondary N) is 1. The van der Waals surface area contributed by atoms with Crippen molar-refractivity contribution in [2.75, 3.05) is 45.7 Å². The summed E-state index contributed by atoms with van der Waals surface area (Å²) in [5.74, 6) is 0.340. The highest BCUT2D eigenvalue weighted by Crippen LogP contribution is 2.27. The minimum absolute atomic E-state index is 0.0339. The number of carbonyl (C=O) groups excluding carboxylic acids is 2. The lowest BCUT2D eigenvalue weighted by molar-refractivity contribution is -0.132. The van der Waals surface area contributed by atoms with Crippen LogP contribution in [0.2, 0.25) is 5.02 Å². The van der Waals surface area contributed by atoms with E-state index < -0.39 is 0 Å². The van der Waals surface area contributed by atoms with E-state index >= 15 is 0 Å². The molecule has 0 atom stereocenters. The molecular formula is C18H28ClN3O3.